The predicted octanol–water partition coefficient (Wildman–Crippen LogP) is 4.61. The molecule has 4 rings (SSSR count). The van der Waals surface area contributed by atoms with E-state index in [1.807, 2.05) is 38.7 Å². The van der Waals surface area contributed by atoms with Gasteiger partial charge in [-0.25, -0.2) is 4.98 Å². The molecule has 0 spiro atoms. The molecule has 4 heterocycles. The molecule has 1 aliphatic heterocycles. The Labute approximate surface area is 219 Å². The van der Waals surface area contributed by atoms with Crippen LogP contribution in [0.25, 0.3) is 16.7 Å². The highest BCUT2D eigenvalue weighted by Crippen LogP contribution is 2.36. The summed E-state index contributed by atoms with van der Waals surface area (Å²) in [5.74, 6) is -0.155. The van der Waals surface area contributed by atoms with Crippen LogP contribution in [0.3, 0.4) is 0 Å². The molecule has 0 aromatic carbocycles. The van der Waals surface area contributed by atoms with E-state index in [0.717, 1.165) is 5.56 Å². The number of hydrogen-bond acceptors (Lipinski definition) is 6. The van der Waals surface area contributed by atoms with E-state index in [1.54, 1.807) is 17.2 Å². The third-order valence-corrected chi connectivity index (χ3v) is 7.14. The van der Waals surface area contributed by atoms with Gasteiger partial charge in [0.05, 0.1) is 22.1 Å². The van der Waals surface area contributed by atoms with Gasteiger partial charge in [0.25, 0.3) is 5.56 Å². The van der Waals surface area contributed by atoms with E-state index < -0.39 is 5.56 Å². The van der Waals surface area contributed by atoms with E-state index in [0.29, 0.717) is 42.1 Å². The molecule has 0 radical (unpaired) electrons. The van der Waals surface area contributed by atoms with Crippen molar-refractivity contribution in [1.29, 1.82) is 5.26 Å². The average Bonchev–Trinajstić information content (AvgIpc) is 2.84. The lowest BCUT2D eigenvalue weighted by molar-refractivity contribution is -0.126. The molecule has 0 bridgehead atoms. The largest absolute Gasteiger partial charge is 0.363 e. The Hall–Kier alpha value is -3.41. The Morgan fingerprint density at radius 1 is 1.31 bits per heavy atom. The van der Waals surface area contributed by atoms with Crippen LogP contribution in [0.5, 0.6) is 0 Å². The molecule has 0 saturated carbocycles. The summed E-state index contributed by atoms with van der Waals surface area (Å²) in [4.78, 5) is 38.9. The average molecular weight is 525 g/mol. The van der Waals surface area contributed by atoms with E-state index in [9.17, 15) is 14.9 Å². The number of nitriles is 1. The Bertz CT molecular complexity index is 1490. The zero-order valence-electron chi connectivity index (χ0n) is 20.5. The van der Waals surface area contributed by atoms with Crippen molar-refractivity contribution in [1.82, 2.24) is 19.4 Å². The molecule has 1 saturated heterocycles. The van der Waals surface area contributed by atoms with E-state index in [4.69, 9.17) is 23.2 Å². The molecule has 3 aromatic rings. The number of carbonyl (C=O) groups excluding carboxylic acids is 1. The van der Waals surface area contributed by atoms with Crippen molar-refractivity contribution in [3.8, 4) is 11.8 Å². The van der Waals surface area contributed by atoms with Crippen LogP contribution in [0.2, 0.25) is 10.2 Å². The van der Waals surface area contributed by atoms with Gasteiger partial charge < -0.3 is 9.80 Å². The van der Waals surface area contributed by atoms with Gasteiger partial charge in [-0.1, -0.05) is 43.6 Å². The predicted molar refractivity (Wildman–Crippen MR) is 142 cm³/mol. The number of aryl methyl sites for hydroxylation is 1. The molecule has 0 N–H and O–H groups in total. The first kappa shape index (κ1) is 25.7. The number of pyridine rings is 3. The summed E-state index contributed by atoms with van der Waals surface area (Å²) < 4.78 is 1.43. The van der Waals surface area contributed by atoms with Crippen molar-refractivity contribution in [2.45, 2.75) is 39.7 Å². The minimum Gasteiger partial charge on any atom is -0.363 e. The van der Waals surface area contributed by atoms with Crippen molar-refractivity contribution in [2.24, 2.45) is 0 Å². The van der Waals surface area contributed by atoms with Gasteiger partial charge in [0, 0.05) is 37.3 Å². The van der Waals surface area contributed by atoms with E-state index in [2.05, 4.69) is 22.6 Å². The second kappa shape index (κ2) is 9.92. The maximum Gasteiger partial charge on any atom is 0.276 e. The molecular weight excluding hydrogens is 499 g/mol. The fraction of sp³-hybridized carbons (Fsp3) is 0.346. The van der Waals surface area contributed by atoms with Crippen LogP contribution >= 0.6 is 23.2 Å². The zero-order chi connectivity index (χ0) is 26.3. The summed E-state index contributed by atoms with van der Waals surface area (Å²) >= 11 is 12.8. The normalized spacial score (nSPS) is 15.9. The van der Waals surface area contributed by atoms with Gasteiger partial charge >= 0.3 is 0 Å². The molecule has 1 aliphatic rings. The number of amides is 1. The monoisotopic (exact) mass is 524 g/mol. The lowest BCUT2D eigenvalue weighted by Gasteiger charge is -2.41. The highest BCUT2D eigenvalue weighted by Gasteiger charge is 2.32. The van der Waals surface area contributed by atoms with Gasteiger partial charge in [0.1, 0.15) is 16.8 Å². The van der Waals surface area contributed by atoms with E-state index >= 15 is 0 Å². The number of carbonyl (C=O) groups is 1. The number of fused-ring (bicyclic) bond motifs is 1. The van der Waals surface area contributed by atoms with Crippen LogP contribution in [-0.2, 0) is 4.79 Å². The number of nitrogens with zero attached hydrogens (tertiary/aromatic N) is 6. The second-order valence-electron chi connectivity index (χ2n) is 9.16. The molecule has 8 nitrogen and oxygen atoms in total. The van der Waals surface area contributed by atoms with E-state index in [-0.39, 0.29) is 39.3 Å². The molecule has 1 atom stereocenters. The Morgan fingerprint density at radius 2 is 2.03 bits per heavy atom. The SMILES string of the molecule is C=CC(=O)N1CCN(c2c(C#N)c(=O)n(-c3c(C)ccnc3C(C)C)c3nc(Cl)c(Cl)cc23)[C@@H](C)C1. The van der Waals surface area contributed by atoms with Crippen LogP contribution in [-0.4, -0.2) is 51.0 Å². The van der Waals surface area contributed by atoms with Crippen molar-refractivity contribution in [2.75, 3.05) is 24.5 Å². The summed E-state index contributed by atoms with van der Waals surface area (Å²) in [6.07, 6.45) is 2.98. The minimum atomic E-state index is -0.513. The summed E-state index contributed by atoms with van der Waals surface area (Å²) in [5.41, 5.74) is 2.27. The standard InChI is InChI=1S/C26H26Cl2N6O2/c1-6-20(35)32-9-10-33(16(5)13-32)23-17-11-19(27)24(28)31-25(17)34(26(36)18(23)12-29)22-15(4)7-8-30-21(22)14(2)3/h6-8,11,14,16H,1,9-10,13H2,2-5H3/t16-/m0/s1. The molecule has 0 unspecified atom stereocenters. The lowest BCUT2D eigenvalue weighted by Crippen LogP contribution is -2.54. The summed E-state index contributed by atoms with van der Waals surface area (Å²) in [6.45, 7) is 12.6. The first-order valence-electron chi connectivity index (χ1n) is 11.6. The Morgan fingerprint density at radius 3 is 2.64 bits per heavy atom. The van der Waals surface area contributed by atoms with Crippen LogP contribution in [0.15, 0.2) is 35.8 Å². The van der Waals surface area contributed by atoms with Crippen molar-refractivity contribution < 1.29 is 4.79 Å². The first-order valence-corrected chi connectivity index (χ1v) is 12.3. The van der Waals surface area contributed by atoms with Crippen molar-refractivity contribution in [3.63, 3.8) is 0 Å². The number of anilines is 1. The highest BCUT2D eigenvalue weighted by atomic mass is 35.5. The Balaban J connectivity index is 2.07. The van der Waals surface area contributed by atoms with Gasteiger partial charge in [-0.3, -0.25) is 19.1 Å². The fourth-order valence-electron chi connectivity index (χ4n) is 4.76. The van der Waals surface area contributed by atoms with Gasteiger partial charge in [-0.15, -0.1) is 0 Å². The zero-order valence-corrected chi connectivity index (χ0v) is 22.1. The second-order valence-corrected chi connectivity index (χ2v) is 9.92. The number of hydrogen-bond donors (Lipinski definition) is 0. The van der Waals surface area contributed by atoms with E-state index in [1.165, 1.54) is 10.6 Å². The number of piperazine rings is 1. The first-order chi connectivity index (χ1) is 17.1. The van der Waals surface area contributed by atoms with Crippen LogP contribution in [0.4, 0.5) is 5.69 Å². The van der Waals surface area contributed by atoms with Gasteiger partial charge in [0.15, 0.2) is 5.65 Å². The van der Waals surface area contributed by atoms with Crippen LogP contribution < -0.4 is 10.5 Å². The smallest absolute Gasteiger partial charge is 0.276 e. The summed E-state index contributed by atoms with van der Waals surface area (Å²) in [5, 5.41) is 11.0. The summed E-state index contributed by atoms with van der Waals surface area (Å²) in [6, 6.07) is 5.41. The fourth-order valence-corrected chi connectivity index (χ4v) is 5.04. The summed E-state index contributed by atoms with van der Waals surface area (Å²) in [7, 11) is 0. The van der Waals surface area contributed by atoms with Gasteiger partial charge in [-0.05, 0) is 43.5 Å². The molecule has 10 heteroatoms. The maximum atomic E-state index is 14.0. The molecule has 3 aromatic heterocycles. The highest BCUT2D eigenvalue weighted by molar-refractivity contribution is 6.41. The molecule has 36 heavy (non-hydrogen) atoms. The van der Waals surface area contributed by atoms with Crippen LogP contribution in [0, 0.1) is 18.3 Å². The van der Waals surface area contributed by atoms with Crippen molar-refractivity contribution >= 4 is 45.8 Å². The molecule has 1 fully saturated rings. The van der Waals surface area contributed by atoms with Crippen molar-refractivity contribution in [3.05, 3.63) is 68.3 Å². The number of halogens is 2. The maximum absolute atomic E-state index is 14.0. The molecule has 1 amide bonds. The quantitative estimate of drug-likeness (QED) is 0.365. The van der Waals surface area contributed by atoms with Crippen LogP contribution in [0.1, 0.15) is 43.5 Å². The molecular formula is C26H26Cl2N6O2. The molecule has 186 valence electrons. The number of aromatic nitrogens is 3. The minimum absolute atomic E-state index is 0.00494. The third kappa shape index (κ3) is 4.23. The van der Waals surface area contributed by atoms with Gasteiger partial charge in [0.2, 0.25) is 5.91 Å². The lowest BCUT2D eigenvalue weighted by atomic mass is 10.0. The molecule has 0 aliphatic carbocycles. The Kier molecular flexibility index (Phi) is 7.07. The topological polar surface area (TPSA) is 95.1 Å². The third-order valence-electron chi connectivity index (χ3n) is 6.47. The van der Waals surface area contributed by atoms with Gasteiger partial charge in [-0.2, -0.15) is 5.26 Å². The number of rotatable bonds is 4.